The number of hydrogen-bond donors (Lipinski definition) is 3. The molecule has 3 amide bonds. The number of imide groups is 1. The van der Waals surface area contributed by atoms with Crippen molar-refractivity contribution in [2.45, 2.75) is 51.2 Å². The Balaban J connectivity index is 1.82. The number of ether oxygens (including phenoxy) is 1. The van der Waals surface area contributed by atoms with Gasteiger partial charge in [0.1, 0.15) is 0 Å². The maximum Gasteiger partial charge on any atom is 0.361 e. The molecule has 9 nitrogen and oxygen atoms in total. The number of nitrogens with zero attached hydrogens (tertiary/aromatic N) is 2. The number of esters is 1. The summed E-state index contributed by atoms with van der Waals surface area (Å²) in [5.41, 5.74) is 5.34. The number of nitrogens with one attached hydrogen (secondary N) is 2. The Morgan fingerprint density at radius 3 is 2.54 bits per heavy atom. The molecular formula is C15H21N5O4. The molecule has 0 aliphatic heterocycles. The number of aromatic nitrogens is 2. The van der Waals surface area contributed by atoms with Crippen LogP contribution in [0.25, 0.3) is 0 Å². The fourth-order valence-electron chi connectivity index (χ4n) is 2.46. The van der Waals surface area contributed by atoms with Crippen molar-refractivity contribution in [1.29, 1.82) is 0 Å². The minimum absolute atomic E-state index is 0.0730. The lowest BCUT2D eigenvalue weighted by molar-refractivity contribution is -0.127. The number of carbonyl (C=O) groups excluding carboxylic acids is 3. The van der Waals surface area contributed by atoms with Gasteiger partial charge >= 0.3 is 12.0 Å². The molecule has 1 aromatic heterocycles. The Kier molecular flexibility index (Phi) is 6.05. The molecule has 4 N–H and O–H groups in total. The number of anilines is 1. The maximum atomic E-state index is 11.9. The molecule has 0 saturated heterocycles. The fourth-order valence-corrected chi connectivity index (χ4v) is 2.46. The minimum atomic E-state index is -1.17. The summed E-state index contributed by atoms with van der Waals surface area (Å²) < 4.78 is 4.96. The van der Waals surface area contributed by atoms with Gasteiger partial charge in [0.25, 0.3) is 5.91 Å². The minimum Gasteiger partial charge on any atom is -0.448 e. The van der Waals surface area contributed by atoms with Crippen LogP contribution >= 0.6 is 0 Å². The third kappa shape index (κ3) is 4.90. The molecule has 0 spiro atoms. The maximum absolute atomic E-state index is 11.9. The van der Waals surface area contributed by atoms with Gasteiger partial charge in [0, 0.05) is 18.4 Å². The van der Waals surface area contributed by atoms with Crippen LogP contribution in [0.3, 0.4) is 0 Å². The van der Waals surface area contributed by atoms with Crippen molar-refractivity contribution < 1.29 is 19.1 Å². The highest BCUT2D eigenvalue weighted by atomic mass is 16.5. The predicted octanol–water partition coefficient (Wildman–Crippen LogP) is 0.763. The highest BCUT2D eigenvalue weighted by Crippen LogP contribution is 2.17. The van der Waals surface area contributed by atoms with Crippen LogP contribution < -0.4 is 16.4 Å². The Hall–Kier alpha value is -2.71. The van der Waals surface area contributed by atoms with Crippen molar-refractivity contribution in [1.82, 2.24) is 20.6 Å². The molecule has 0 unspecified atom stereocenters. The van der Waals surface area contributed by atoms with Crippen molar-refractivity contribution in [2.24, 2.45) is 0 Å². The quantitative estimate of drug-likeness (QED) is 0.691. The van der Waals surface area contributed by atoms with Gasteiger partial charge in [0.2, 0.25) is 0 Å². The van der Waals surface area contributed by atoms with E-state index < -0.39 is 24.0 Å². The van der Waals surface area contributed by atoms with Gasteiger partial charge in [-0.1, -0.05) is 19.3 Å². The summed E-state index contributed by atoms with van der Waals surface area (Å²) in [6, 6.07) is -0.516. The molecule has 9 heteroatoms. The molecule has 1 fully saturated rings. The van der Waals surface area contributed by atoms with E-state index in [1.54, 1.807) is 0 Å². The average Bonchev–Trinajstić information content (AvgIpc) is 2.55. The first kappa shape index (κ1) is 17.6. The molecule has 0 aromatic carbocycles. The predicted molar refractivity (Wildman–Crippen MR) is 84.9 cm³/mol. The highest BCUT2D eigenvalue weighted by molar-refractivity contribution is 5.99. The standard InChI is InChI=1S/C15H21N5O4/c1-9(24-14(22)11-12(16)18-8-7-17-11)13(21)20-15(23)19-10-5-3-2-4-6-10/h7-10H,2-6H2,1H3,(H2,16,18)(H2,19,20,21,23)/t9-/m0/s1. The van der Waals surface area contributed by atoms with Gasteiger partial charge in [0.15, 0.2) is 17.6 Å². The van der Waals surface area contributed by atoms with E-state index >= 15 is 0 Å². The first-order valence-corrected chi connectivity index (χ1v) is 7.86. The summed E-state index contributed by atoms with van der Waals surface area (Å²) in [6.45, 7) is 1.35. The van der Waals surface area contributed by atoms with Gasteiger partial charge in [-0.3, -0.25) is 10.1 Å². The SMILES string of the molecule is C[C@H](OC(=O)c1nccnc1N)C(=O)NC(=O)NC1CCCCC1. The van der Waals surface area contributed by atoms with Gasteiger partial charge in [-0.15, -0.1) is 0 Å². The molecule has 1 aromatic rings. The van der Waals surface area contributed by atoms with E-state index in [9.17, 15) is 14.4 Å². The molecule has 1 atom stereocenters. The van der Waals surface area contributed by atoms with E-state index in [2.05, 4.69) is 20.6 Å². The van der Waals surface area contributed by atoms with E-state index in [0.29, 0.717) is 0 Å². The average molecular weight is 335 g/mol. The molecule has 2 rings (SSSR count). The van der Waals surface area contributed by atoms with Crippen molar-refractivity contribution in [3.8, 4) is 0 Å². The zero-order valence-electron chi connectivity index (χ0n) is 13.4. The van der Waals surface area contributed by atoms with Crippen LogP contribution in [0.15, 0.2) is 12.4 Å². The van der Waals surface area contributed by atoms with Crippen LogP contribution in [0, 0.1) is 0 Å². The summed E-state index contributed by atoms with van der Waals surface area (Å²) in [6.07, 6.45) is 6.54. The lowest BCUT2D eigenvalue weighted by Crippen LogP contribution is -2.48. The van der Waals surface area contributed by atoms with E-state index in [-0.39, 0.29) is 17.6 Å². The van der Waals surface area contributed by atoms with Gasteiger partial charge in [-0.05, 0) is 19.8 Å². The lowest BCUT2D eigenvalue weighted by Gasteiger charge is -2.23. The first-order valence-electron chi connectivity index (χ1n) is 7.86. The Bertz CT molecular complexity index is 616. The van der Waals surface area contributed by atoms with Crippen molar-refractivity contribution in [3.63, 3.8) is 0 Å². The monoisotopic (exact) mass is 335 g/mol. The normalized spacial score (nSPS) is 16.0. The number of nitrogen functional groups attached to an aromatic ring is 1. The van der Waals surface area contributed by atoms with Crippen molar-refractivity contribution >= 4 is 23.7 Å². The second-order valence-electron chi connectivity index (χ2n) is 5.64. The van der Waals surface area contributed by atoms with Gasteiger partial charge < -0.3 is 15.8 Å². The summed E-state index contributed by atoms with van der Waals surface area (Å²) in [7, 11) is 0. The molecule has 1 aliphatic carbocycles. The number of rotatable bonds is 4. The zero-order chi connectivity index (χ0) is 17.5. The van der Waals surface area contributed by atoms with Crippen LogP contribution in [-0.4, -0.2) is 40.0 Å². The zero-order valence-corrected chi connectivity index (χ0v) is 13.4. The molecule has 1 aliphatic rings. The van der Waals surface area contributed by atoms with Crippen LogP contribution in [0.2, 0.25) is 0 Å². The molecule has 130 valence electrons. The summed E-state index contributed by atoms with van der Waals surface area (Å²) in [4.78, 5) is 43.1. The molecule has 1 saturated carbocycles. The number of nitrogens with two attached hydrogens (primary N) is 1. The molecule has 0 bridgehead atoms. The second kappa shape index (κ2) is 8.23. The largest absolute Gasteiger partial charge is 0.448 e. The number of amides is 3. The van der Waals surface area contributed by atoms with Crippen LogP contribution in [-0.2, 0) is 9.53 Å². The summed E-state index contributed by atoms with van der Waals surface area (Å²) >= 11 is 0. The number of urea groups is 1. The topological polar surface area (TPSA) is 136 Å². The molecule has 0 radical (unpaired) electrons. The van der Waals surface area contributed by atoms with Crippen molar-refractivity contribution in [2.75, 3.05) is 5.73 Å². The first-order chi connectivity index (χ1) is 11.5. The van der Waals surface area contributed by atoms with Gasteiger partial charge in [-0.25, -0.2) is 19.6 Å². The fraction of sp³-hybridized carbons (Fsp3) is 0.533. The van der Waals surface area contributed by atoms with E-state index in [1.807, 2.05) is 0 Å². The highest BCUT2D eigenvalue weighted by Gasteiger charge is 2.24. The molecule has 1 heterocycles. The van der Waals surface area contributed by atoms with Gasteiger partial charge in [-0.2, -0.15) is 0 Å². The summed E-state index contributed by atoms with van der Waals surface area (Å²) in [5.74, 6) is -1.69. The van der Waals surface area contributed by atoms with E-state index in [4.69, 9.17) is 10.5 Å². The van der Waals surface area contributed by atoms with Crippen LogP contribution in [0.4, 0.5) is 10.6 Å². The van der Waals surface area contributed by atoms with E-state index in [0.717, 1.165) is 32.1 Å². The second-order valence-corrected chi connectivity index (χ2v) is 5.64. The smallest absolute Gasteiger partial charge is 0.361 e. The van der Waals surface area contributed by atoms with E-state index in [1.165, 1.54) is 19.3 Å². The van der Waals surface area contributed by atoms with Crippen LogP contribution in [0.1, 0.15) is 49.5 Å². The number of carbonyl (C=O) groups is 3. The summed E-state index contributed by atoms with van der Waals surface area (Å²) in [5, 5.41) is 4.91. The molecule has 24 heavy (non-hydrogen) atoms. The number of hydrogen-bond acceptors (Lipinski definition) is 7. The third-order valence-electron chi connectivity index (χ3n) is 3.75. The lowest BCUT2D eigenvalue weighted by atomic mass is 9.96. The Morgan fingerprint density at radius 2 is 1.88 bits per heavy atom. The molecular weight excluding hydrogens is 314 g/mol. The van der Waals surface area contributed by atoms with Crippen molar-refractivity contribution in [3.05, 3.63) is 18.1 Å². The van der Waals surface area contributed by atoms with Crippen LogP contribution in [0.5, 0.6) is 0 Å². The third-order valence-corrected chi connectivity index (χ3v) is 3.75. The Labute approximate surface area is 139 Å². The van der Waals surface area contributed by atoms with Gasteiger partial charge in [0.05, 0.1) is 0 Å². The Morgan fingerprint density at radius 1 is 1.21 bits per heavy atom.